The van der Waals surface area contributed by atoms with Crippen molar-refractivity contribution in [2.45, 2.75) is 38.8 Å². The average molecular weight is 277 g/mol. The molecule has 1 saturated carbocycles. The van der Waals surface area contributed by atoms with Gasteiger partial charge < -0.3 is 5.73 Å². The van der Waals surface area contributed by atoms with E-state index in [1.165, 1.54) is 19.3 Å². The first-order chi connectivity index (χ1) is 9.65. The smallest absolute Gasteiger partial charge is 0.269 e. The van der Waals surface area contributed by atoms with Gasteiger partial charge in [0.1, 0.15) is 0 Å². The van der Waals surface area contributed by atoms with Crippen LogP contribution in [0.2, 0.25) is 0 Å². The fourth-order valence-corrected chi connectivity index (χ4v) is 3.19. The summed E-state index contributed by atoms with van der Waals surface area (Å²) in [5, 5.41) is 10.7. The van der Waals surface area contributed by atoms with Crippen LogP contribution < -0.4 is 5.73 Å². The van der Waals surface area contributed by atoms with Gasteiger partial charge in [0.05, 0.1) is 4.92 Å². The maximum absolute atomic E-state index is 10.7. The summed E-state index contributed by atoms with van der Waals surface area (Å²) in [6.45, 7) is 4.74. The molecule has 2 atom stereocenters. The van der Waals surface area contributed by atoms with Crippen molar-refractivity contribution in [3.63, 3.8) is 0 Å². The van der Waals surface area contributed by atoms with E-state index in [1.54, 1.807) is 12.1 Å². The SMILES string of the molecule is CCN(Cc1ccc([N+](=O)[O-])cc1)C1CCCC1CN. The highest BCUT2D eigenvalue weighted by Gasteiger charge is 2.30. The van der Waals surface area contributed by atoms with Gasteiger partial charge in [-0.05, 0) is 37.4 Å². The standard InChI is InChI=1S/C15H23N3O2/c1-2-17(15-5-3-4-13(15)10-16)11-12-6-8-14(9-7-12)18(19)20/h6-9,13,15H,2-5,10-11,16H2,1H3. The molecule has 2 N–H and O–H groups in total. The molecule has 0 heterocycles. The summed E-state index contributed by atoms with van der Waals surface area (Å²) < 4.78 is 0. The number of hydrogen-bond donors (Lipinski definition) is 1. The molecule has 0 bridgehead atoms. The lowest BCUT2D eigenvalue weighted by molar-refractivity contribution is -0.384. The molecule has 1 fully saturated rings. The monoisotopic (exact) mass is 277 g/mol. The number of nitro groups is 1. The second-order valence-corrected chi connectivity index (χ2v) is 5.48. The van der Waals surface area contributed by atoms with Crippen molar-refractivity contribution in [3.05, 3.63) is 39.9 Å². The zero-order chi connectivity index (χ0) is 14.5. The van der Waals surface area contributed by atoms with Crippen LogP contribution in [0.4, 0.5) is 5.69 Å². The lowest BCUT2D eigenvalue weighted by Gasteiger charge is -2.31. The number of rotatable bonds is 6. The highest BCUT2D eigenvalue weighted by atomic mass is 16.6. The number of benzene rings is 1. The predicted octanol–water partition coefficient (Wildman–Crippen LogP) is 2.54. The Balaban J connectivity index is 2.04. The van der Waals surface area contributed by atoms with E-state index in [9.17, 15) is 10.1 Å². The first-order valence-corrected chi connectivity index (χ1v) is 7.33. The fourth-order valence-electron chi connectivity index (χ4n) is 3.19. The molecule has 110 valence electrons. The van der Waals surface area contributed by atoms with Crippen LogP contribution in [-0.2, 0) is 6.54 Å². The normalized spacial score (nSPS) is 22.4. The van der Waals surface area contributed by atoms with E-state index < -0.39 is 0 Å². The van der Waals surface area contributed by atoms with E-state index in [0.29, 0.717) is 12.0 Å². The molecule has 20 heavy (non-hydrogen) atoms. The van der Waals surface area contributed by atoms with Crippen LogP contribution in [0, 0.1) is 16.0 Å². The summed E-state index contributed by atoms with van der Waals surface area (Å²) in [5.74, 6) is 0.591. The summed E-state index contributed by atoms with van der Waals surface area (Å²) >= 11 is 0. The van der Waals surface area contributed by atoms with Gasteiger partial charge in [-0.2, -0.15) is 0 Å². The van der Waals surface area contributed by atoms with Crippen molar-refractivity contribution in [3.8, 4) is 0 Å². The van der Waals surface area contributed by atoms with E-state index in [0.717, 1.165) is 25.2 Å². The molecule has 1 aliphatic carbocycles. The highest BCUT2D eigenvalue weighted by molar-refractivity contribution is 5.32. The molecular weight excluding hydrogens is 254 g/mol. The Kier molecular flexibility index (Phi) is 5.09. The molecule has 0 aromatic heterocycles. The molecule has 0 amide bonds. The van der Waals surface area contributed by atoms with E-state index in [2.05, 4.69) is 11.8 Å². The van der Waals surface area contributed by atoms with Crippen molar-refractivity contribution >= 4 is 5.69 Å². The molecule has 1 aromatic carbocycles. The molecular formula is C15H23N3O2. The highest BCUT2D eigenvalue weighted by Crippen LogP contribution is 2.30. The summed E-state index contributed by atoms with van der Waals surface area (Å²) in [6, 6.07) is 7.43. The molecule has 1 aliphatic rings. The zero-order valence-electron chi connectivity index (χ0n) is 12.0. The molecule has 1 aromatic rings. The molecule has 0 radical (unpaired) electrons. The van der Waals surface area contributed by atoms with Crippen LogP contribution in [0.3, 0.4) is 0 Å². The second kappa shape index (κ2) is 6.81. The minimum Gasteiger partial charge on any atom is -0.330 e. The van der Waals surface area contributed by atoms with Crippen molar-refractivity contribution < 1.29 is 4.92 Å². The molecule has 0 saturated heterocycles. The van der Waals surface area contributed by atoms with Crippen LogP contribution >= 0.6 is 0 Å². The van der Waals surface area contributed by atoms with E-state index >= 15 is 0 Å². The largest absolute Gasteiger partial charge is 0.330 e. The first-order valence-electron chi connectivity index (χ1n) is 7.33. The van der Waals surface area contributed by atoms with Crippen LogP contribution in [0.25, 0.3) is 0 Å². The molecule has 0 spiro atoms. The third kappa shape index (κ3) is 3.35. The van der Waals surface area contributed by atoms with E-state index in [4.69, 9.17) is 5.73 Å². The summed E-state index contributed by atoms with van der Waals surface area (Å²) in [6.07, 6.45) is 3.68. The molecule has 5 heteroatoms. The number of nitrogens with zero attached hydrogens (tertiary/aromatic N) is 2. The maximum atomic E-state index is 10.7. The van der Waals surface area contributed by atoms with E-state index in [-0.39, 0.29) is 10.6 Å². The number of hydrogen-bond acceptors (Lipinski definition) is 4. The third-order valence-corrected chi connectivity index (χ3v) is 4.33. The Bertz CT molecular complexity index is 447. The lowest BCUT2D eigenvalue weighted by Crippen LogP contribution is -2.39. The van der Waals surface area contributed by atoms with Gasteiger partial charge in [-0.15, -0.1) is 0 Å². The summed E-state index contributed by atoms with van der Waals surface area (Å²) in [4.78, 5) is 12.8. The minimum absolute atomic E-state index is 0.150. The van der Waals surface area contributed by atoms with Gasteiger partial charge in [0, 0.05) is 24.7 Å². The van der Waals surface area contributed by atoms with Gasteiger partial charge >= 0.3 is 0 Å². The molecule has 2 unspecified atom stereocenters. The summed E-state index contributed by atoms with van der Waals surface area (Å²) in [5.41, 5.74) is 7.14. The number of nitro benzene ring substituents is 1. The molecule has 0 aliphatic heterocycles. The van der Waals surface area contributed by atoms with Gasteiger partial charge in [-0.1, -0.05) is 25.5 Å². The Hall–Kier alpha value is -1.46. The predicted molar refractivity (Wildman–Crippen MR) is 79.4 cm³/mol. The Morgan fingerprint density at radius 3 is 2.60 bits per heavy atom. The van der Waals surface area contributed by atoms with Crippen molar-refractivity contribution in [1.29, 1.82) is 0 Å². The second-order valence-electron chi connectivity index (χ2n) is 5.48. The average Bonchev–Trinajstić information content (AvgIpc) is 2.93. The van der Waals surface area contributed by atoms with Gasteiger partial charge in [-0.3, -0.25) is 15.0 Å². The Labute approximate surface area is 119 Å². The van der Waals surface area contributed by atoms with Gasteiger partial charge in [0.25, 0.3) is 5.69 Å². The van der Waals surface area contributed by atoms with Crippen molar-refractivity contribution in [2.24, 2.45) is 11.7 Å². The Morgan fingerprint density at radius 1 is 1.35 bits per heavy atom. The van der Waals surface area contributed by atoms with Crippen molar-refractivity contribution in [1.82, 2.24) is 4.90 Å². The summed E-state index contributed by atoms with van der Waals surface area (Å²) in [7, 11) is 0. The van der Waals surface area contributed by atoms with Crippen LogP contribution in [0.15, 0.2) is 24.3 Å². The van der Waals surface area contributed by atoms with Crippen LogP contribution in [0.1, 0.15) is 31.7 Å². The quantitative estimate of drug-likeness (QED) is 0.640. The maximum Gasteiger partial charge on any atom is 0.269 e. The van der Waals surface area contributed by atoms with Gasteiger partial charge in [0.2, 0.25) is 0 Å². The zero-order valence-corrected chi connectivity index (χ0v) is 12.0. The van der Waals surface area contributed by atoms with Gasteiger partial charge in [0.15, 0.2) is 0 Å². The topological polar surface area (TPSA) is 72.4 Å². The minimum atomic E-state index is -0.358. The Morgan fingerprint density at radius 2 is 2.05 bits per heavy atom. The molecule has 2 rings (SSSR count). The number of non-ortho nitro benzene ring substituents is 1. The third-order valence-electron chi connectivity index (χ3n) is 4.33. The van der Waals surface area contributed by atoms with Crippen LogP contribution in [0.5, 0.6) is 0 Å². The van der Waals surface area contributed by atoms with Crippen LogP contribution in [-0.4, -0.2) is 29.0 Å². The number of nitrogens with two attached hydrogens (primary N) is 1. The fraction of sp³-hybridized carbons (Fsp3) is 0.600. The first kappa shape index (κ1) is 14.9. The van der Waals surface area contributed by atoms with Gasteiger partial charge in [-0.25, -0.2) is 0 Å². The van der Waals surface area contributed by atoms with Crippen molar-refractivity contribution in [2.75, 3.05) is 13.1 Å². The molecule has 5 nitrogen and oxygen atoms in total. The van der Waals surface area contributed by atoms with E-state index in [1.807, 2.05) is 12.1 Å². The lowest BCUT2D eigenvalue weighted by atomic mass is 10.0.